The zero-order valence-corrected chi connectivity index (χ0v) is 17.5. The molecule has 0 radical (unpaired) electrons. The van der Waals surface area contributed by atoms with E-state index in [2.05, 4.69) is 5.32 Å². The summed E-state index contributed by atoms with van der Waals surface area (Å²) in [6, 6.07) is 6.10. The maximum Gasteiger partial charge on any atom is 0.243 e. The van der Waals surface area contributed by atoms with Gasteiger partial charge in [-0.05, 0) is 37.1 Å². The van der Waals surface area contributed by atoms with Gasteiger partial charge in [-0.1, -0.05) is 13.8 Å². The largest absolute Gasteiger partial charge is 0.326 e. The number of nitrogens with one attached hydrogen (secondary N) is 1. The molecule has 1 heterocycles. The van der Waals surface area contributed by atoms with E-state index in [9.17, 15) is 21.6 Å². The lowest BCUT2D eigenvalue weighted by molar-refractivity contribution is -0.120. The van der Waals surface area contributed by atoms with Crippen molar-refractivity contribution in [2.24, 2.45) is 5.92 Å². The minimum atomic E-state index is -3.53. The molecule has 1 aromatic rings. The second-order valence-corrected chi connectivity index (χ2v) is 10.5. The Hall–Kier alpha value is -1.49. The van der Waals surface area contributed by atoms with Crippen LogP contribution in [0, 0.1) is 5.92 Å². The van der Waals surface area contributed by atoms with E-state index in [4.69, 9.17) is 0 Å². The van der Waals surface area contributed by atoms with E-state index in [1.165, 1.54) is 27.0 Å². The molecule has 1 aromatic carbocycles. The van der Waals surface area contributed by atoms with E-state index in [0.29, 0.717) is 44.7 Å². The van der Waals surface area contributed by atoms with Crippen molar-refractivity contribution < 1.29 is 21.6 Å². The SMILES string of the molecule is CCN(CC)S(=O)(=O)c1ccc(NC(=O)C2CCN(S(C)(=O)=O)CC2)cc1. The van der Waals surface area contributed by atoms with Gasteiger partial charge in [0.15, 0.2) is 0 Å². The summed E-state index contributed by atoms with van der Waals surface area (Å²) in [6.07, 6.45) is 2.10. The minimum Gasteiger partial charge on any atom is -0.326 e. The summed E-state index contributed by atoms with van der Waals surface area (Å²) < 4.78 is 50.8. The third kappa shape index (κ3) is 5.28. The monoisotopic (exact) mass is 417 g/mol. The molecule has 0 spiro atoms. The lowest BCUT2D eigenvalue weighted by atomic mass is 9.97. The van der Waals surface area contributed by atoms with Crippen molar-refractivity contribution in [3.05, 3.63) is 24.3 Å². The molecule has 152 valence electrons. The molecule has 0 aromatic heterocycles. The van der Waals surface area contributed by atoms with Gasteiger partial charge < -0.3 is 5.32 Å². The molecule has 8 nitrogen and oxygen atoms in total. The van der Waals surface area contributed by atoms with Crippen LogP contribution in [0.25, 0.3) is 0 Å². The summed E-state index contributed by atoms with van der Waals surface area (Å²) in [6.45, 7) is 5.01. The Balaban J connectivity index is 2.00. The van der Waals surface area contributed by atoms with Crippen LogP contribution in [0.2, 0.25) is 0 Å². The molecular weight excluding hydrogens is 390 g/mol. The molecule has 1 saturated heterocycles. The van der Waals surface area contributed by atoms with Crippen molar-refractivity contribution >= 4 is 31.6 Å². The standard InChI is InChI=1S/C17H27N3O5S2/c1-4-19(5-2)27(24,25)16-8-6-15(7-9-16)18-17(21)14-10-12-20(13-11-14)26(3,22)23/h6-9,14H,4-5,10-13H2,1-3H3,(H,18,21). The summed E-state index contributed by atoms with van der Waals surface area (Å²) in [5.41, 5.74) is 0.518. The number of carbonyl (C=O) groups is 1. The first-order chi connectivity index (χ1) is 12.6. The van der Waals surface area contributed by atoms with Gasteiger partial charge in [-0.25, -0.2) is 21.1 Å². The van der Waals surface area contributed by atoms with Gasteiger partial charge in [0.05, 0.1) is 11.2 Å². The Kier molecular flexibility index (Phi) is 7.01. The third-order valence-electron chi connectivity index (χ3n) is 4.76. The summed E-state index contributed by atoms with van der Waals surface area (Å²) in [5.74, 6) is -0.440. The topological polar surface area (TPSA) is 104 Å². The Labute approximate surface area is 161 Å². The minimum absolute atomic E-state index is 0.178. The van der Waals surface area contributed by atoms with Crippen LogP contribution in [0.5, 0.6) is 0 Å². The number of piperidine rings is 1. The predicted octanol–water partition coefficient (Wildman–Crippen LogP) is 1.33. The first-order valence-electron chi connectivity index (χ1n) is 8.95. The number of hydrogen-bond acceptors (Lipinski definition) is 5. The van der Waals surface area contributed by atoms with Crippen molar-refractivity contribution in [3.63, 3.8) is 0 Å². The fourth-order valence-electron chi connectivity index (χ4n) is 3.12. The molecule has 0 bridgehead atoms. The molecule has 1 amide bonds. The second-order valence-electron chi connectivity index (χ2n) is 6.54. The summed E-state index contributed by atoms with van der Waals surface area (Å²) >= 11 is 0. The van der Waals surface area contributed by atoms with Crippen LogP contribution < -0.4 is 5.32 Å². The maximum atomic E-state index is 12.5. The summed E-state index contributed by atoms with van der Waals surface area (Å²) in [7, 11) is -6.75. The second kappa shape index (κ2) is 8.68. The Bertz CT molecular complexity index is 854. The van der Waals surface area contributed by atoms with E-state index < -0.39 is 20.0 Å². The maximum absolute atomic E-state index is 12.5. The Morgan fingerprint density at radius 3 is 2.04 bits per heavy atom. The van der Waals surface area contributed by atoms with Gasteiger partial charge in [0.1, 0.15) is 0 Å². The number of rotatable bonds is 7. The van der Waals surface area contributed by atoms with Gasteiger partial charge in [-0.3, -0.25) is 4.79 Å². The average Bonchev–Trinajstić information content (AvgIpc) is 2.62. The molecule has 0 unspecified atom stereocenters. The number of amides is 1. The molecule has 0 aliphatic carbocycles. The summed E-state index contributed by atoms with van der Waals surface area (Å²) in [5, 5.41) is 2.79. The predicted molar refractivity (Wildman–Crippen MR) is 104 cm³/mol. The Morgan fingerprint density at radius 1 is 1.07 bits per heavy atom. The smallest absolute Gasteiger partial charge is 0.243 e. The van der Waals surface area contributed by atoms with Gasteiger partial charge in [-0.15, -0.1) is 0 Å². The number of benzene rings is 1. The Morgan fingerprint density at radius 2 is 1.59 bits per heavy atom. The van der Waals surface area contributed by atoms with E-state index >= 15 is 0 Å². The first kappa shape index (κ1) is 21.8. The molecule has 1 aliphatic heterocycles. The molecule has 1 aliphatic rings. The highest BCUT2D eigenvalue weighted by Crippen LogP contribution is 2.22. The van der Waals surface area contributed by atoms with Crippen molar-refractivity contribution in [1.82, 2.24) is 8.61 Å². The van der Waals surface area contributed by atoms with Gasteiger partial charge in [-0.2, -0.15) is 4.31 Å². The van der Waals surface area contributed by atoms with Crippen LogP contribution in [0.4, 0.5) is 5.69 Å². The van der Waals surface area contributed by atoms with Gasteiger partial charge in [0.2, 0.25) is 26.0 Å². The van der Waals surface area contributed by atoms with Crippen LogP contribution in [0.15, 0.2) is 29.2 Å². The zero-order chi connectivity index (χ0) is 20.2. The molecular formula is C17H27N3O5S2. The first-order valence-corrected chi connectivity index (χ1v) is 12.2. The quantitative estimate of drug-likeness (QED) is 0.721. The highest BCUT2D eigenvalue weighted by atomic mass is 32.2. The average molecular weight is 418 g/mol. The third-order valence-corrected chi connectivity index (χ3v) is 8.13. The van der Waals surface area contributed by atoms with Gasteiger partial charge in [0, 0.05) is 37.8 Å². The van der Waals surface area contributed by atoms with E-state index in [1.54, 1.807) is 26.0 Å². The fraction of sp³-hybridized carbons (Fsp3) is 0.588. The van der Waals surface area contributed by atoms with Crippen molar-refractivity contribution in [1.29, 1.82) is 0 Å². The van der Waals surface area contributed by atoms with Crippen LogP contribution in [0.1, 0.15) is 26.7 Å². The summed E-state index contributed by atoms with van der Waals surface area (Å²) in [4.78, 5) is 12.6. The number of anilines is 1. The van der Waals surface area contributed by atoms with E-state index in [-0.39, 0.29) is 16.7 Å². The van der Waals surface area contributed by atoms with Crippen molar-refractivity contribution in [2.45, 2.75) is 31.6 Å². The van der Waals surface area contributed by atoms with Crippen LogP contribution >= 0.6 is 0 Å². The van der Waals surface area contributed by atoms with Crippen LogP contribution in [-0.2, 0) is 24.8 Å². The van der Waals surface area contributed by atoms with Crippen molar-refractivity contribution in [3.8, 4) is 0 Å². The number of hydrogen-bond donors (Lipinski definition) is 1. The van der Waals surface area contributed by atoms with Crippen LogP contribution in [-0.4, -0.2) is 63.8 Å². The lowest BCUT2D eigenvalue weighted by Gasteiger charge is -2.29. The fourth-order valence-corrected chi connectivity index (χ4v) is 5.45. The number of sulfonamides is 2. The van der Waals surface area contributed by atoms with Gasteiger partial charge in [0.25, 0.3) is 0 Å². The lowest BCUT2D eigenvalue weighted by Crippen LogP contribution is -2.40. The molecule has 0 atom stereocenters. The molecule has 1 N–H and O–H groups in total. The van der Waals surface area contributed by atoms with E-state index in [0.717, 1.165) is 0 Å². The van der Waals surface area contributed by atoms with Gasteiger partial charge >= 0.3 is 0 Å². The molecule has 10 heteroatoms. The van der Waals surface area contributed by atoms with Crippen molar-refractivity contribution in [2.75, 3.05) is 37.8 Å². The van der Waals surface area contributed by atoms with Crippen LogP contribution in [0.3, 0.4) is 0 Å². The molecule has 27 heavy (non-hydrogen) atoms. The number of nitrogens with zero attached hydrogens (tertiary/aromatic N) is 2. The highest BCUT2D eigenvalue weighted by Gasteiger charge is 2.29. The zero-order valence-electron chi connectivity index (χ0n) is 15.9. The molecule has 1 fully saturated rings. The van der Waals surface area contributed by atoms with E-state index in [1.807, 2.05) is 0 Å². The molecule has 2 rings (SSSR count). The number of carbonyl (C=O) groups excluding carboxylic acids is 1. The highest BCUT2D eigenvalue weighted by molar-refractivity contribution is 7.89. The molecule has 0 saturated carbocycles. The normalized spacial score (nSPS) is 17.2.